The third-order valence-corrected chi connectivity index (χ3v) is 1.05. The summed E-state index contributed by atoms with van der Waals surface area (Å²) in [5, 5.41) is 3.98. The average Bonchev–Trinajstić information content (AvgIpc) is 2.14. The van der Waals surface area contributed by atoms with Gasteiger partial charge in [-0.05, 0) is 6.92 Å². The van der Waals surface area contributed by atoms with Crippen LogP contribution in [0.15, 0.2) is 12.4 Å². The van der Waals surface area contributed by atoms with Crippen molar-refractivity contribution in [2.45, 2.75) is 6.92 Å². The lowest BCUT2D eigenvalue weighted by atomic mass is 10.6. The third-order valence-electron chi connectivity index (χ3n) is 1.05. The van der Waals surface area contributed by atoms with E-state index in [1.807, 2.05) is 12.4 Å². The predicted molar refractivity (Wildman–Crippen MR) is 28.5 cm³/mol. The topological polar surface area (TPSA) is 17.3 Å². The van der Waals surface area contributed by atoms with Crippen LogP contribution in [0.4, 0.5) is 0 Å². The normalized spacial score (nSPS) is 17.6. The monoisotopic (exact) mass is 97.1 g/mol. The van der Waals surface area contributed by atoms with Gasteiger partial charge in [-0.1, -0.05) is 0 Å². The Morgan fingerprint density at radius 2 is 2.71 bits per heavy atom. The van der Waals surface area contributed by atoms with E-state index in [0.29, 0.717) is 0 Å². The van der Waals surface area contributed by atoms with Crippen LogP contribution in [0.5, 0.6) is 0 Å². The van der Waals surface area contributed by atoms with Crippen LogP contribution in [0.25, 0.3) is 0 Å². The first kappa shape index (κ1) is 4.50. The highest BCUT2D eigenvalue weighted by atomic mass is 15.2. The lowest BCUT2D eigenvalue weighted by Crippen LogP contribution is -2.16. The van der Waals surface area contributed by atoms with Crippen molar-refractivity contribution < 1.29 is 0 Å². The second kappa shape index (κ2) is 1.87. The Balaban J connectivity index is 2.28. The summed E-state index contributed by atoms with van der Waals surface area (Å²) in [7, 11) is 0. The van der Waals surface area contributed by atoms with Crippen molar-refractivity contribution in [1.82, 2.24) is 10.2 Å². The van der Waals surface area contributed by atoms with Crippen LogP contribution in [0, 0.1) is 0 Å². The van der Waals surface area contributed by atoms with Gasteiger partial charge in [-0.25, -0.2) is 0 Å². The van der Waals surface area contributed by atoms with E-state index in [4.69, 9.17) is 0 Å². The molecule has 0 fully saturated rings. The molecule has 0 atom stereocenters. The number of nitrogens with zero attached hydrogens (tertiary/aromatic N) is 2. The van der Waals surface area contributed by atoms with Crippen molar-refractivity contribution >= 4 is 0 Å². The Morgan fingerprint density at radius 1 is 1.86 bits per heavy atom. The van der Waals surface area contributed by atoms with Crippen LogP contribution in [0.3, 0.4) is 0 Å². The summed E-state index contributed by atoms with van der Waals surface area (Å²) in [6.45, 7) is 4.04. The Kier molecular flexibility index (Phi) is 1.20. The van der Waals surface area contributed by atoms with E-state index in [1.54, 1.807) is 0 Å². The molecule has 0 amide bonds. The first-order chi connectivity index (χ1) is 3.43. The summed E-state index contributed by atoms with van der Waals surface area (Å²) in [4.78, 5) is 2.14. The summed E-state index contributed by atoms with van der Waals surface area (Å²) >= 11 is 0. The highest BCUT2D eigenvalue weighted by Crippen LogP contribution is 1.92. The Morgan fingerprint density at radius 3 is 3.00 bits per heavy atom. The second-order valence-electron chi connectivity index (χ2n) is 1.53. The summed E-state index contributed by atoms with van der Waals surface area (Å²) in [6, 6.07) is 0. The molecule has 7 heavy (non-hydrogen) atoms. The Hall–Kier alpha value is -0.660. The van der Waals surface area contributed by atoms with Crippen molar-refractivity contribution in [1.29, 1.82) is 0 Å². The fourth-order valence-electron chi connectivity index (χ4n) is 0.546. The fourth-order valence-corrected chi connectivity index (χ4v) is 0.546. The van der Waals surface area contributed by atoms with Crippen LogP contribution in [0.1, 0.15) is 6.92 Å². The lowest BCUT2D eigenvalue weighted by molar-refractivity contribution is 0.410. The molecule has 0 saturated carbocycles. The van der Waals surface area contributed by atoms with E-state index in [2.05, 4.69) is 17.1 Å². The minimum Gasteiger partial charge on any atom is -0.357 e. The Labute approximate surface area is 43.8 Å². The minimum absolute atomic E-state index is 0.858. The molecule has 2 heteroatoms. The van der Waals surface area contributed by atoms with Gasteiger partial charge < -0.3 is 4.90 Å². The van der Waals surface area contributed by atoms with Gasteiger partial charge in [0.15, 0.2) is 0 Å². The molecule has 39 valence electrons. The summed E-state index contributed by atoms with van der Waals surface area (Å²) in [5.74, 6) is 0. The molecule has 2 nitrogen and oxygen atoms in total. The average molecular weight is 97.1 g/mol. The molecular weight excluding hydrogens is 88.1 g/mol. The van der Waals surface area contributed by atoms with Gasteiger partial charge in [-0.2, -0.15) is 0 Å². The molecule has 0 saturated heterocycles. The molecule has 1 heterocycles. The van der Waals surface area contributed by atoms with Crippen LogP contribution < -0.4 is 5.32 Å². The number of hydrogen-bond donors (Lipinski definition) is 0. The largest absolute Gasteiger partial charge is 0.357 e. The van der Waals surface area contributed by atoms with Gasteiger partial charge in [-0.3, -0.25) is 5.32 Å². The molecule has 0 aromatic rings. The molecule has 1 aliphatic heterocycles. The van der Waals surface area contributed by atoms with Crippen molar-refractivity contribution in [3.8, 4) is 0 Å². The van der Waals surface area contributed by atoms with Crippen molar-refractivity contribution in [2.75, 3.05) is 13.2 Å². The molecule has 1 rings (SSSR count). The van der Waals surface area contributed by atoms with Gasteiger partial charge in [0, 0.05) is 18.9 Å². The number of hydrogen-bond acceptors (Lipinski definition) is 1. The third kappa shape index (κ3) is 0.856. The zero-order chi connectivity index (χ0) is 5.11. The molecule has 0 spiro atoms. The number of rotatable bonds is 1. The quantitative estimate of drug-likeness (QED) is 0.461. The van der Waals surface area contributed by atoms with Gasteiger partial charge in [0.2, 0.25) is 0 Å². The molecule has 0 N–H and O–H groups in total. The molecular formula is C5H9N2. The van der Waals surface area contributed by atoms with Gasteiger partial charge in [0.05, 0.1) is 0 Å². The zero-order valence-corrected chi connectivity index (χ0v) is 4.46. The van der Waals surface area contributed by atoms with Gasteiger partial charge in [-0.15, -0.1) is 0 Å². The van der Waals surface area contributed by atoms with Gasteiger partial charge in [0.25, 0.3) is 0 Å². The maximum atomic E-state index is 3.98. The van der Waals surface area contributed by atoms with Crippen LogP contribution in [-0.2, 0) is 0 Å². The van der Waals surface area contributed by atoms with E-state index >= 15 is 0 Å². The van der Waals surface area contributed by atoms with E-state index in [1.165, 1.54) is 0 Å². The maximum Gasteiger partial charge on any atom is 0.109 e. The van der Waals surface area contributed by atoms with Crippen molar-refractivity contribution in [3.63, 3.8) is 0 Å². The molecule has 0 aromatic carbocycles. The summed E-state index contributed by atoms with van der Waals surface area (Å²) < 4.78 is 0. The van der Waals surface area contributed by atoms with Crippen LogP contribution in [0.2, 0.25) is 0 Å². The molecule has 0 aromatic heterocycles. The minimum atomic E-state index is 0.858. The van der Waals surface area contributed by atoms with Crippen molar-refractivity contribution in [2.24, 2.45) is 0 Å². The zero-order valence-electron chi connectivity index (χ0n) is 4.46. The fraction of sp³-hybridized carbons (Fsp3) is 0.600. The molecule has 0 bridgehead atoms. The van der Waals surface area contributed by atoms with Crippen molar-refractivity contribution in [3.05, 3.63) is 12.4 Å². The first-order valence-electron chi connectivity index (χ1n) is 2.51. The SMILES string of the molecule is CCN1C=C[N]C1. The maximum absolute atomic E-state index is 3.98. The van der Waals surface area contributed by atoms with Crippen LogP contribution >= 0.6 is 0 Å². The molecule has 1 aliphatic rings. The summed E-state index contributed by atoms with van der Waals surface area (Å²) in [5.41, 5.74) is 0. The molecule has 0 unspecified atom stereocenters. The molecule has 0 aliphatic carbocycles. The summed E-state index contributed by atoms with van der Waals surface area (Å²) in [6.07, 6.45) is 3.84. The second-order valence-corrected chi connectivity index (χ2v) is 1.53. The smallest absolute Gasteiger partial charge is 0.109 e. The van der Waals surface area contributed by atoms with Crippen LogP contribution in [-0.4, -0.2) is 18.1 Å². The lowest BCUT2D eigenvalue weighted by Gasteiger charge is -2.07. The standard InChI is InChI=1S/C5H9N2/c1-2-7-4-3-6-5-7/h3-4H,2,5H2,1H3. The predicted octanol–water partition coefficient (Wildman–Crippen LogP) is 0.355. The molecule has 1 radical (unpaired) electrons. The Bertz CT molecular complexity index is 78.1. The highest BCUT2D eigenvalue weighted by Gasteiger charge is 1.97. The van der Waals surface area contributed by atoms with E-state index in [0.717, 1.165) is 13.2 Å². The van der Waals surface area contributed by atoms with E-state index in [9.17, 15) is 0 Å². The first-order valence-corrected chi connectivity index (χ1v) is 2.51. The van der Waals surface area contributed by atoms with Gasteiger partial charge in [0.1, 0.15) is 6.67 Å². The van der Waals surface area contributed by atoms with Gasteiger partial charge >= 0.3 is 0 Å². The highest BCUT2D eigenvalue weighted by molar-refractivity contribution is 4.85. The van der Waals surface area contributed by atoms with E-state index < -0.39 is 0 Å². The van der Waals surface area contributed by atoms with E-state index in [-0.39, 0.29) is 0 Å².